The number of hydrogen-bond donors (Lipinski definition) is 1. The number of hydrogen-bond acceptors (Lipinski definition) is 3. The summed E-state index contributed by atoms with van der Waals surface area (Å²) < 4.78 is 1.71. The number of benzene rings is 2. The molecule has 1 atom stereocenters. The molecular formula is C33H43Br2NO3. The standard InChI is InChI=1S/C33H43Br2NO3/c1-2-3-4-5-6-7-8-9-10-11-12-13-14-15-23-36-30(25-19-21-27(34)22-20-25)29(32(38)33(36)39)31(37)26-17-16-18-28(35)24-26/h16-22,24,30,37H,2-15,23H2,1H3. The Bertz CT molecular complexity index is 1100. The summed E-state index contributed by atoms with van der Waals surface area (Å²) in [5.74, 6) is -1.29. The number of ketones is 1. The number of unbranched alkanes of at least 4 members (excludes halogenated alkanes) is 13. The van der Waals surface area contributed by atoms with Crippen LogP contribution in [0.2, 0.25) is 0 Å². The zero-order valence-corrected chi connectivity index (χ0v) is 26.4. The number of amides is 1. The Balaban J connectivity index is 1.53. The van der Waals surface area contributed by atoms with E-state index in [1.807, 2.05) is 30.3 Å². The van der Waals surface area contributed by atoms with Crippen molar-refractivity contribution in [2.75, 3.05) is 6.54 Å². The van der Waals surface area contributed by atoms with Gasteiger partial charge < -0.3 is 10.0 Å². The Morgan fingerprint density at radius 1 is 0.744 bits per heavy atom. The lowest BCUT2D eigenvalue weighted by atomic mass is 9.95. The number of nitrogens with zero attached hydrogens (tertiary/aromatic N) is 1. The molecule has 1 aliphatic heterocycles. The van der Waals surface area contributed by atoms with Gasteiger partial charge in [-0.05, 0) is 36.2 Å². The third-order valence-corrected chi connectivity index (χ3v) is 8.60. The van der Waals surface area contributed by atoms with E-state index >= 15 is 0 Å². The molecule has 2 aromatic carbocycles. The molecule has 2 aromatic rings. The van der Waals surface area contributed by atoms with Crippen LogP contribution < -0.4 is 0 Å². The van der Waals surface area contributed by atoms with Gasteiger partial charge in [0.25, 0.3) is 11.7 Å². The Morgan fingerprint density at radius 2 is 1.28 bits per heavy atom. The van der Waals surface area contributed by atoms with Gasteiger partial charge in [-0.3, -0.25) is 9.59 Å². The molecule has 6 heteroatoms. The van der Waals surface area contributed by atoms with Crippen LogP contribution in [0.15, 0.2) is 63.0 Å². The van der Waals surface area contributed by atoms with Crippen LogP contribution in [0.5, 0.6) is 0 Å². The minimum Gasteiger partial charge on any atom is -0.507 e. The predicted octanol–water partition coefficient (Wildman–Crippen LogP) is 10.1. The summed E-state index contributed by atoms with van der Waals surface area (Å²) in [5.41, 5.74) is 1.49. The first-order valence-electron chi connectivity index (χ1n) is 14.7. The van der Waals surface area contributed by atoms with E-state index in [1.54, 1.807) is 23.1 Å². The first kappa shape index (κ1) is 31.6. The lowest BCUT2D eigenvalue weighted by Gasteiger charge is -2.25. The van der Waals surface area contributed by atoms with E-state index in [-0.39, 0.29) is 11.3 Å². The van der Waals surface area contributed by atoms with Gasteiger partial charge in [-0.1, -0.05) is 147 Å². The Hall–Kier alpha value is -1.92. The summed E-state index contributed by atoms with van der Waals surface area (Å²) in [6.07, 6.45) is 17.7. The summed E-state index contributed by atoms with van der Waals surface area (Å²) in [5, 5.41) is 11.2. The van der Waals surface area contributed by atoms with E-state index in [9.17, 15) is 14.7 Å². The average molecular weight is 662 g/mol. The molecule has 0 spiro atoms. The number of Topliss-reactive ketones (excluding diaryl/α,β-unsaturated/α-hetero) is 1. The Morgan fingerprint density at radius 3 is 1.82 bits per heavy atom. The summed E-state index contributed by atoms with van der Waals surface area (Å²) in [6, 6.07) is 14.2. The van der Waals surface area contributed by atoms with Crippen LogP contribution in [0.4, 0.5) is 0 Å². The fourth-order valence-corrected chi connectivity index (χ4v) is 6.03. The van der Waals surface area contributed by atoms with E-state index in [0.29, 0.717) is 12.1 Å². The van der Waals surface area contributed by atoms with Crippen molar-refractivity contribution in [3.63, 3.8) is 0 Å². The molecule has 1 N–H and O–H groups in total. The van der Waals surface area contributed by atoms with Crippen molar-refractivity contribution >= 4 is 49.3 Å². The molecule has 1 fully saturated rings. The minimum atomic E-state index is -0.620. The van der Waals surface area contributed by atoms with E-state index in [1.165, 1.54) is 70.6 Å². The number of halogens is 2. The van der Waals surface area contributed by atoms with Crippen molar-refractivity contribution in [3.8, 4) is 0 Å². The Kier molecular flexibility index (Phi) is 13.8. The molecule has 3 rings (SSSR count). The molecule has 1 unspecified atom stereocenters. The van der Waals surface area contributed by atoms with Crippen molar-refractivity contribution in [2.45, 2.75) is 103 Å². The monoisotopic (exact) mass is 659 g/mol. The highest BCUT2D eigenvalue weighted by Crippen LogP contribution is 2.40. The van der Waals surface area contributed by atoms with Gasteiger partial charge in [0.05, 0.1) is 11.6 Å². The fraction of sp³-hybridized carbons (Fsp3) is 0.515. The van der Waals surface area contributed by atoms with Crippen molar-refractivity contribution in [2.24, 2.45) is 0 Å². The van der Waals surface area contributed by atoms with Gasteiger partial charge in [0.1, 0.15) is 5.76 Å². The molecule has 0 bridgehead atoms. The van der Waals surface area contributed by atoms with Gasteiger partial charge in [0.2, 0.25) is 0 Å². The van der Waals surface area contributed by atoms with Gasteiger partial charge in [0, 0.05) is 21.1 Å². The molecule has 1 saturated heterocycles. The average Bonchev–Trinajstić information content (AvgIpc) is 3.18. The van der Waals surface area contributed by atoms with Crippen LogP contribution in [0, 0.1) is 0 Å². The largest absolute Gasteiger partial charge is 0.507 e. The molecule has 1 amide bonds. The number of rotatable bonds is 17. The lowest BCUT2D eigenvalue weighted by Crippen LogP contribution is -2.30. The maximum Gasteiger partial charge on any atom is 0.295 e. The zero-order valence-electron chi connectivity index (χ0n) is 23.3. The van der Waals surface area contributed by atoms with Crippen molar-refractivity contribution < 1.29 is 14.7 Å². The minimum absolute atomic E-state index is 0.133. The Labute approximate surface area is 251 Å². The van der Waals surface area contributed by atoms with Gasteiger partial charge in [0.15, 0.2) is 0 Å². The van der Waals surface area contributed by atoms with Crippen molar-refractivity contribution in [3.05, 3.63) is 74.2 Å². The van der Waals surface area contributed by atoms with Gasteiger partial charge >= 0.3 is 0 Å². The van der Waals surface area contributed by atoms with Crippen molar-refractivity contribution in [1.82, 2.24) is 4.90 Å². The molecule has 4 nitrogen and oxygen atoms in total. The van der Waals surface area contributed by atoms with E-state index in [4.69, 9.17) is 0 Å². The summed E-state index contributed by atoms with van der Waals surface area (Å²) in [6.45, 7) is 2.76. The number of aliphatic hydroxyl groups is 1. The highest BCUT2D eigenvalue weighted by Gasteiger charge is 2.45. The molecule has 0 radical (unpaired) electrons. The molecule has 0 aromatic heterocycles. The SMILES string of the molecule is CCCCCCCCCCCCCCCCN1C(=O)C(=O)C(=C(O)c2cccc(Br)c2)C1c1ccc(Br)cc1. The molecule has 0 aliphatic carbocycles. The molecule has 39 heavy (non-hydrogen) atoms. The normalized spacial score (nSPS) is 16.8. The fourth-order valence-electron chi connectivity index (χ4n) is 5.37. The second kappa shape index (κ2) is 17.0. The van der Waals surface area contributed by atoms with Crippen LogP contribution in [-0.2, 0) is 9.59 Å². The number of likely N-dealkylation sites (tertiary alicyclic amines) is 1. The molecule has 1 aliphatic rings. The number of aliphatic hydroxyl groups excluding tert-OH is 1. The maximum atomic E-state index is 13.2. The second-order valence-corrected chi connectivity index (χ2v) is 12.5. The van der Waals surface area contributed by atoms with Gasteiger partial charge in [-0.15, -0.1) is 0 Å². The first-order chi connectivity index (χ1) is 18.9. The van der Waals surface area contributed by atoms with Gasteiger partial charge in [-0.2, -0.15) is 0 Å². The van der Waals surface area contributed by atoms with Crippen LogP contribution in [-0.4, -0.2) is 28.2 Å². The summed E-state index contributed by atoms with van der Waals surface area (Å²) in [4.78, 5) is 28.0. The van der Waals surface area contributed by atoms with Gasteiger partial charge in [-0.25, -0.2) is 0 Å². The third kappa shape index (κ3) is 9.60. The highest BCUT2D eigenvalue weighted by atomic mass is 79.9. The third-order valence-electron chi connectivity index (χ3n) is 7.58. The lowest BCUT2D eigenvalue weighted by molar-refractivity contribution is -0.139. The molecule has 1 heterocycles. The second-order valence-electron chi connectivity index (χ2n) is 10.7. The van der Waals surface area contributed by atoms with Crippen LogP contribution >= 0.6 is 31.9 Å². The van der Waals surface area contributed by atoms with Crippen LogP contribution in [0.3, 0.4) is 0 Å². The summed E-state index contributed by atoms with van der Waals surface area (Å²) in [7, 11) is 0. The molecule has 0 saturated carbocycles. The van der Waals surface area contributed by atoms with E-state index in [0.717, 1.165) is 33.8 Å². The number of carbonyl (C=O) groups excluding carboxylic acids is 2. The first-order valence-corrected chi connectivity index (χ1v) is 16.3. The maximum absolute atomic E-state index is 13.2. The highest BCUT2D eigenvalue weighted by molar-refractivity contribution is 9.10. The van der Waals surface area contributed by atoms with Crippen molar-refractivity contribution in [1.29, 1.82) is 0 Å². The summed E-state index contributed by atoms with van der Waals surface area (Å²) >= 11 is 6.90. The van der Waals surface area contributed by atoms with Crippen LogP contribution in [0.25, 0.3) is 5.76 Å². The zero-order chi connectivity index (χ0) is 28.0. The van der Waals surface area contributed by atoms with E-state index in [2.05, 4.69) is 38.8 Å². The topological polar surface area (TPSA) is 57.6 Å². The molecule has 212 valence electrons. The smallest absolute Gasteiger partial charge is 0.295 e. The van der Waals surface area contributed by atoms with Crippen LogP contribution in [0.1, 0.15) is 114 Å². The predicted molar refractivity (Wildman–Crippen MR) is 168 cm³/mol. The molecular weight excluding hydrogens is 618 g/mol. The number of carbonyl (C=O) groups is 2. The quantitative estimate of drug-likeness (QED) is 0.0795. The van der Waals surface area contributed by atoms with E-state index < -0.39 is 17.7 Å².